The van der Waals surface area contributed by atoms with Gasteiger partial charge in [-0.3, -0.25) is 9.58 Å². The number of anilines is 1. The van der Waals surface area contributed by atoms with Crippen LogP contribution in [-0.4, -0.2) is 69.6 Å². The lowest BCUT2D eigenvalue weighted by Gasteiger charge is -2.36. The predicted molar refractivity (Wildman–Crippen MR) is 130 cm³/mol. The van der Waals surface area contributed by atoms with Crippen LogP contribution in [0.5, 0.6) is 0 Å². The second-order valence-electron chi connectivity index (χ2n) is 8.61. The van der Waals surface area contributed by atoms with Gasteiger partial charge in [0.15, 0.2) is 0 Å². The minimum Gasteiger partial charge on any atom is -0.473 e. The van der Waals surface area contributed by atoms with Crippen molar-refractivity contribution in [1.29, 1.82) is 0 Å². The first-order chi connectivity index (χ1) is 16.4. The molecule has 8 heteroatoms. The highest BCUT2D eigenvalue weighted by Crippen LogP contribution is 2.38. The van der Waals surface area contributed by atoms with E-state index in [2.05, 4.69) is 76.1 Å². The zero-order valence-corrected chi connectivity index (χ0v) is 19.4. The van der Waals surface area contributed by atoms with Crippen molar-refractivity contribution in [2.45, 2.75) is 19.3 Å². The van der Waals surface area contributed by atoms with Crippen LogP contribution in [0.2, 0.25) is 0 Å². The summed E-state index contributed by atoms with van der Waals surface area (Å²) in [6.07, 6.45) is 3.36. The highest BCUT2D eigenvalue weighted by atomic mass is 16.4. The van der Waals surface area contributed by atoms with Gasteiger partial charge in [-0.1, -0.05) is 54.6 Å². The zero-order valence-electron chi connectivity index (χ0n) is 19.4. The molecule has 1 aromatic heterocycles. The number of hydrogen-bond donors (Lipinski definition) is 2. The van der Waals surface area contributed by atoms with Crippen molar-refractivity contribution < 1.29 is 19.8 Å². The van der Waals surface area contributed by atoms with Crippen LogP contribution in [0.3, 0.4) is 0 Å². The second kappa shape index (κ2) is 10.5. The quantitative estimate of drug-likeness (QED) is 0.575. The van der Waals surface area contributed by atoms with Gasteiger partial charge < -0.3 is 15.1 Å². The van der Waals surface area contributed by atoms with E-state index in [0.29, 0.717) is 0 Å². The Bertz CT molecular complexity index is 1140. The van der Waals surface area contributed by atoms with Gasteiger partial charge in [0.2, 0.25) is 0 Å². The van der Waals surface area contributed by atoms with Crippen LogP contribution in [-0.2, 0) is 35.9 Å². The first kappa shape index (κ1) is 23.5. The third-order valence-electron chi connectivity index (χ3n) is 6.44. The number of nitrogens with zero attached hydrogens (tertiary/aromatic N) is 4. The van der Waals surface area contributed by atoms with Gasteiger partial charge in [0, 0.05) is 50.9 Å². The van der Waals surface area contributed by atoms with Crippen LogP contribution in [0, 0.1) is 0 Å². The van der Waals surface area contributed by atoms with E-state index in [0.717, 1.165) is 52.0 Å². The molecule has 0 spiro atoms. The van der Waals surface area contributed by atoms with Crippen molar-refractivity contribution >= 4 is 17.8 Å². The van der Waals surface area contributed by atoms with Crippen LogP contribution in [0.1, 0.15) is 16.7 Å². The van der Waals surface area contributed by atoms with Gasteiger partial charge >= 0.3 is 11.9 Å². The number of aliphatic carboxylic acids is 2. The van der Waals surface area contributed by atoms with Crippen molar-refractivity contribution in [3.8, 4) is 11.3 Å². The largest absolute Gasteiger partial charge is 0.473 e. The molecule has 2 aromatic carbocycles. The average Bonchev–Trinajstić information content (AvgIpc) is 3.20. The van der Waals surface area contributed by atoms with Crippen molar-refractivity contribution in [3.63, 3.8) is 0 Å². The monoisotopic (exact) mass is 462 g/mol. The van der Waals surface area contributed by atoms with Gasteiger partial charge in [-0.25, -0.2) is 9.59 Å². The molecule has 178 valence electrons. The van der Waals surface area contributed by atoms with Crippen molar-refractivity contribution in [1.82, 2.24) is 14.7 Å². The molecule has 3 aromatic rings. The molecule has 2 heterocycles. The minimum absolute atomic E-state index is 1.09. The van der Waals surface area contributed by atoms with E-state index >= 15 is 0 Å². The summed E-state index contributed by atoms with van der Waals surface area (Å²) in [6, 6.07) is 19.6. The number of aromatic nitrogens is 2. The van der Waals surface area contributed by atoms with Crippen LogP contribution in [0.25, 0.3) is 11.3 Å². The molecule has 1 fully saturated rings. The van der Waals surface area contributed by atoms with Gasteiger partial charge in [0.1, 0.15) is 5.82 Å². The Morgan fingerprint density at radius 3 is 2.21 bits per heavy atom. The number of fused-ring (bicyclic) bond motifs is 3. The molecular formula is C26H30N4O4. The molecule has 0 radical (unpaired) electrons. The molecule has 2 N–H and O–H groups in total. The first-order valence-electron chi connectivity index (χ1n) is 11.6. The zero-order chi connectivity index (χ0) is 24.1. The maximum absolute atomic E-state index is 9.10. The van der Waals surface area contributed by atoms with E-state index in [-0.39, 0.29) is 0 Å². The molecule has 5 rings (SSSR count). The predicted octanol–water partition coefficient (Wildman–Crippen LogP) is 2.71. The summed E-state index contributed by atoms with van der Waals surface area (Å²) in [5, 5.41) is 19.7. The number of hydrogen-bond acceptors (Lipinski definition) is 5. The van der Waals surface area contributed by atoms with Gasteiger partial charge in [0.25, 0.3) is 0 Å². The number of carboxylic acid groups (broad SMARTS) is 2. The summed E-state index contributed by atoms with van der Waals surface area (Å²) in [4.78, 5) is 23.4. The van der Waals surface area contributed by atoms with Gasteiger partial charge in [0.05, 0.1) is 5.69 Å². The molecule has 34 heavy (non-hydrogen) atoms. The Labute approximate surface area is 199 Å². The molecule has 0 bridgehead atoms. The summed E-state index contributed by atoms with van der Waals surface area (Å²) in [7, 11) is 2.11. The van der Waals surface area contributed by atoms with E-state index in [1.165, 1.54) is 33.8 Å². The molecule has 1 aliphatic heterocycles. The third-order valence-corrected chi connectivity index (χ3v) is 6.44. The highest BCUT2D eigenvalue weighted by molar-refractivity contribution is 6.27. The van der Waals surface area contributed by atoms with E-state index in [4.69, 9.17) is 24.9 Å². The standard InChI is InChI=1S/C24H28N4.C2H2O4/c1-26-24(22-12-11-20-9-5-6-10-21(20)23(22)25-26)28-17-15-27(16-18-28)14-13-19-7-3-2-4-8-19;3-1(4)2(5)6/h2-10H,11-18H2,1H3;(H,3,4)(H,5,6). The minimum atomic E-state index is -1.82. The smallest absolute Gasteiger partial charge is 0.414 e. The number of carbonyl (C=O) groups is 2. The number of benzene rings is 2. The molecule has 0 saturated carbocycles. The SMILES string of the molecule is Cn1nc2c(c1N1CCN(CCc3ccccc3)CC1)CCc1ccccc1-2.O=C(O)C(=O)O. The molecule has 2 aliphatic rings. The maximum atomic E-state index is 9.10. The molecule has 8 nitrogen and oxygen atoms in total. The Morgan fingerprint density at radius 1 is 0.882 bits per heavy atom. The Kier molecular flexibility index (Phi) is 7.27. The van der Waals surface area contributed by atoms with Crippen molar-refractivity contribution in [2.24, 2.45) is 7.05 Å². The van der Waals surface area contributed by atoms with E-state index in [1.54, 1.807) is 0 Å². The summed E-state index contributed by atoms with van der Waals surface area (Å²) in [6.45, 7) is 5.58. The van der Waals surface area contributed by atoms with E-state index < -0.39 is 11.9 Å². The first-order valence-corrected chi connectivity index (χ1v) is 11.6. The average molecular weight is 463 g/mol. The second-order valence-corrected chi connectivity index (χ2v) is 8.61. The van der Waals surface area contributed by atoms with Crippen molar-refractivity contribution in [3.05, 3.63) is 71.3 Å². The van der Waals surface area contributed by atoms with Crippen LogP contribution in [0.4, 0.5) is 5.82 Å². The number of aryl methyl sites for hydroxylation is 2. The van der Waals surface area contributed by atoms with Gasteiger partial charge in [-0.05, 0) is 30.4 Å². The third kappa shape index (κ3) is 5.28. The number of piperazine rings is 1. The molecule has 0 amide bonds. The van der Waals surface area contributed by atoms with E-state index in [9.17, 15) is 0 Å². The van der Waals surface area contributed by atoms with Crippen molar-refractivity contribution in [2.75, 3.05) is 37.6 Å². The summed E-state index contributed by atoms with van der Waals surface area (Å²) in [5.74, 6) is -2.31. The van der Waals surface area contributed by atoms with Crippen LogP contribution < -0.4 is 4.90 Å². The van der Waals surface area contributed by atoms with Gasteiger partial charge in [-0.2, -0.15) is 5.10 Å². The topological polar surface area (TPSA) is 98.9 Å². The number of carboxylic acids is 2. The molecular weight excluding hydrogens is 432 g/mol. The molecule has 0 atom stereocenters. The fourth-order valence-corrected chi connectivity index (χ4v) is 4.75. The summed E-state index contributed by atoms with van der Waals surface area (Å²) < 4.78 is 2.12. The Balaban J connectivity index is 0.000000408. The lowest BCUT2D eigenvalue weighted by molar-refractivity contribution is -0.159. The number of rotatable bonds is 4. The molecule has 1 aliphatic carbocycles. The normalized spacial score (nSPS) is 15.0. The Morgan fingerprint density at radius 2 is 1.53 bits per heavy atom. The van der Waals surface area contributed by atoms with Gasteiger partial charge in [-0.15, -0.1) is 0 Å². The van der Waals surface area contributed by atoms with Crippen LogP contribution >= 0.6 is 0 Å². The summed E-state index contributed by atoms with van der Waals surface area (Å²) in [5.41, 5.74) is 6.84. The summed E-state index contributed by atoms with van der Waals surface area (Å²) >= 11 is 0. The molecule has 1 saturated heterocycles. The highest BCUT2D eigenvalue weighted by Gasteiger charge is 2.28. The maximum Gasteiger partial charge on any atom is 0.414 e. The lowest BCUT2D eigenvalue weighted by atomic mass is 9.90. The van der Waals surface area contributed by atoms with E-state index in [1.807, 2.05) is 0 Å². The molecule has 0 unspecified atom stereocenters. The fourth-order valence-electron chi connectivity index (χ4n) is 4.75. The fraction of sp³-hybridized carbons (Fsp3) is 0.346. The Hall–Kier alpha value is -3.65. The lowest BCUT2D eigenvalue weighted by Crippen LogP contribution is -2.47. The van der Waals surface area contributed by atoms with Crippen LogP contribution in [0.15, 0.2) is 54.6 Å².